The molecule has 4 N–H and O–H groups in total. The minimum Gasteiger partial charge on any atom is -0.348 e. The molecular formula is C14H15N5O. The third-order valence-electron chi connectivity index (χ3n) is 4.14. The van der Waals surface area contributed by atoms with Crippen molar-refractivity contribution in [1.29, 1.82) is 0 Å². The number of benzene rings is 1. The van der Waals surface area contributed by atoms with Gasteiger partial charge in [-0.1, -0.05) is 6.07 Å². The predicted molar refractivity (Wildman–Crippen MR) is 75.7 cm³/mol. The van der Waals surface area contributed by atoms with Crippen molar-refractivity contribution in [1.82, 2.24) is 25.3 Å². The van der Waals surface area contributed by atoms with Crippen LogP contribution in [0, 0.1) is 0 Å². The Morgan fingerprint density at radius 2 is 2.10 bits per heavy atom. The first-order valence-electron chi connectivity index (χ1n) is 6.67. The van der Waals surface area contributed by atoms with Gasteiger partial charge in [0.1, 0.15) is 0 Å². The molecule has 0 fully saturated rings. The van der Waals surface area contributed by atoms with E-state index in [1.807, 2.05) is 18.2 Å². The zero-order valence-electron chi connectivity index (χ0n) is 11.1. The van der Waals surface area contributed by atoms with Gasteiger partial charge in [0.15, 0.2) is 0 Å². The van der Waals surface area contributed by atoms with Gasteiger partial charge in [-0.25, -0.2) is 9.78 Å². The van der Waals surface area contributed by atoms with Gasteiger partial charge < -0.3 is 20.3 Å². The predicted octanol–water partition coefficient (Wildman–Crippen LogP) is 0.988. The molecule has 0 amide bonds. The van der Waals surface area contributed by atoms with E-state index in [0.29, 0.717) is 0 Å². The zero-order chi connectivity index (χ0) is 13.7. The number of aromatic nitrogens is 4. The maximum atomic E-state index is 11.4. The Kier molecular flexibility index (Phi) is 2.20. The molecule has 1 unspecified atom stereocenters. The van der Waals surface area contributed by atoms with Crippen LogP contribution in [-0.2, 0) is 12.0 Å². The number of rotatable bonds is 1. The molecule has 0 bridgehead atoms. The third kappa shape index (κ3) is 1.48. The van der Waals surface area contributed by atoms with E-state index in [1.54, 1.807) is 6.33 Å². The molecule has 3 heterocycles. The zero-order valence-corrected chi connectivity index (χ0v) is 11.1. The molecule has 1 aromatic carbocycles. The fraction of sp³-hybridized carbons (Fsp3) is 0.286. The number of H-pyrrole nitrogens is 3. The van der Waals surface area contributed by atoms with E-state index >= 15 is 0 Å². The third-order valence-corrected chi connectivity index (χ3v) is 4.14. The van der Waals surface area contributed by atoms with Gasteiger partial charge >= 0.3 is 5.69 Å². The SMILES string of the molecule is CC1(c2ccc3[nH]c(=O)[nH]c3c2)NCCc2[nH]cnc21. The van der Waals surface area contributed by atoms with Crippen LogP contribution in [0.15, 0.2) is 29.3 Å². The summed E-state index contributed by atoms with van der Waals surface area (Å²) in [5, 5.41) is 3.54. The van der Waals surface area contributed by atoms with Crippen LogP contribution in [0.3, 0.4) is 0 Å². The fourth-order valence-electron chi connectivity index (χ4n) is 3.05. The Balaban J connectivity index is 1.92. The Hall–Kier alpha value is -2.34. The van der Waals surface area contributed by atoms with Crippen LogP contribution < -0.4 is 11.0 Å². The molecular weight excluding hydrogens is 254 g/mol. The summed E-state index contributed by atoms with van der Waals surface area (Å²) in [6.45, 7) is 3.02. The first-order valence-corrected chi connectivity index (χ1v) is 6.67. The summed E-state index contributed by atoms with van der Waals surface area (Å²) in [6.07, 6.45) is 2.70. The van der Waals surface area contributed by atoms with E-state index in [2.05, 4.69) is 32.2 Å². The van der Waals surface area contributed by atoms with E-state index < -0.39 is 0 Å². The number of hydrogen-bond donors (Lipinski definition) is 4. The van der Waals surface area contributed by atoms with Gasteiger partial charge in [-0.05, 0) is 24.6 Å². The van der Waals surface area contributed by atoms with Crippen LogP contribution in [0.2, 0.25) is 0 Å². The normalized spacial score (nSPS) is 22.1. The first kappa shape index (κ1) is 11.5. The Morgan fingerprint density at radius 1 is 1.25 bits per heavy atom. The van der Waals surface area contributed by atoms with Crippen molar-refractivity contribution in [3.05, 3.63) is 52.0 Å². The summed E-state index contributed by atoms with van der Waals surface area (Å²) in [7, 11) is 0. The van der Waals surface area contributed by atoms with Crippen LogP contribution in [0.4, 0.5) is 0 Å². The highest BCUT2D eigenvalue weighted by Gasteiger charge is 2.35. The summed E-state index contributed by atoms with van der Waals surface area (Å²) in [5.74, 6) is 0. The van der Waals surface area contributed by atoms with Crippen molar-refractivity contribution in [2.75, 3.05) is 6.54 Å². The smallest absolute Gasteiger partial charge is 0.323 e. The lowest BCUT2D eigenvalue weighted by Crippen LogP contribution is -2.46. The minimum absolute atomic E-state index is 0.181. The highest BCUT2D eigenvalue weighted by atomic mass is 16.1. The Bertz CT molecular complexity index is 842. The highest BCUT2D eigenvalue weighted by Crippen LogP contribution is 2.33. The molecule has 0 radical (unpaired) electrons. The first-order chi connectivity index (χ1) is 9.67. The molecule has 102 valence electrons. The fourth-order valence-corrected chi connectivity index (χ4v) is 3.05. The van der Waals surface area contributed by atoms with E-state index in [-0.39, 0.29) is 11.2 Å². The van der Waals surface area contributed by atoms with E-state index in [1.165, 1.54) is 5.69 Å². The van der Waals surface area contributed by atoms with Gasteiger partial charge in [0.2, 0.25) is 0 Å². The number of hydrogen-bond acceptors (Lipinski definition) is 3. The summed E-state index contributed by atoms with van der Waals surface area (Å²) in [4.78, 5) is 24.6. The second kappa shape index (κ2) is 3.83. The van der Waals surface area contributed by atoms with Gasteiger partial charge in [-0.15, -0.1) is 0 Å². The van der Waals surface area contributed by atoms with Crippen molar-refractivity contribution in [2.24, 2.45) is 0 Å². The van der Waals surface area contributed by atoms with Crippen LogP contribution in [0.1, 0.15) is 23.9 Å². The van der Waals surface area contributed by atoms with E-state index in [9.17, 15) is 4.79 Å². The minimum atomic E-state index is -0.337. The van der Waals surface area contributed by atoms with Crippen molar-refractivity contribution in [2.45, 2.75) is 18.9 Å². The van der Waals surface area contributed by atoms with Crippen LogP contribution in [-0.4, -0.2) is 26.5 Å². The molecule has 2 aromatic heterocycles. The molecule has 0 aliphatic carbocycles. The van der Waals surface area contributed by atoms with E-state index in [4.69, 9.17) is 0 Å². The molecule has 4 rings (SSSR count). The number of nitrogens with one attached hydrogen (secondary N) is 4. The van der Waals surface area contributed by atoms with Gasteiger partial charge in [0, 0.05) is 18.7 Å². The summed E-state index contributed by atoms with van der Waals surface area (Å²) in [5.41, 5.74) is 4.41. The van der Waals surface area contributed by atoms with Crippen LogP contribution >= 0.6 is 0 Å². The molecule has 3 aromatic rings. The lowest BCUT2D eigenvalue weighted by atomic mass is 9.84. The maximum absolute atomic E-state index is 11.4. The van der Waals surface area contributed by atoms with Crippen molar-refractivity contribution in [3.63, 3.8) is 0 Å². The summed E-state index contributed by atoms with van der Waals surface area (Å²) < 4.78 is 0. The number of aromatic amines is 3. The average Bonchev–Trinajstić information content (AvgIpc) is 3.03. The summed E-state index contributed by atoms with van der Waals surface area (Å²) >= 11 is 0. The maximum Gasteiger partial charge on any atom is 0.323 e. The highest BCUT2D eigenvalue weighted by molar-refractivity contribution is 5.75. The number of imidazole rings is 2. The molecule has 0 saturated heterocycles. The lowest BCUT2D eigenvalue weighted by molar-refractivity contribution is 0.404. The monoisotopic (exact) mass is 269 g/mol. The van der Waals surface area contributed by atoms with Crippen molar-refractivity contribution < 1.29 is 0 Å². The Morgan fingerprint density at radius 3 is 3.00 bits per heavy atom. The molecule has 0 spiro atoms. The second-order valence-electron chi connectivity index (χ2n) is 5.37. The quantitative estimate of drug-likeness (QED) is 0.531. The average molecular weight is 269 g/mol. The molecule has 1 atom stereocenters. The van der Waals surface area contributed by atoms with Gasteiger partial charge in [0.05, 0.1) is 28.6 Å². The molecule has 1 aliphatic heterocycles. The second-order valence-corrected chi connectivity index (χ2v) is 5.37. The number of fused-ring (bicyclic) bond motifs is 2. The van der Waals surface area contributed by atoms with Gasteiger partial charge in [0.25, 0.3) is 0 Å². The lowest BCUT2D eigenvalue weighted by Gasteiger charge is -2.34. The summed E-state index contributed by atoms with van der Waals surface area (Å²) in [6, 6.07) is 5.96. The van der Waals surface area contributed by atoms with E-state index in [0.717, 1.165) is 35.3 Å². The van der Waals surface area contributed by atoms with Crippen molar-refractivity contribution in [3.8, 4) is 0 Å². The topological polar surface area (TPSA) is 89.4 Å². The largest absolute Gasteiger partial charge is 0.348 e. The van der Waals surface area contributed by atoms with Gasteiger partial charge in [-0.3, -0.25) is 0 Å². The van der Waals surface area contributed by atoms with Crippen LogP contribution in [0.5, 0.6) is 0 Å². The number of nitrogens with zero attached hydrogens (tertiary/aromatic N) is 1. The Labute approximate surface area is 114 Å². The molecule has 6 heteroatoms. The standard InChI is InChI=1S/C14H15N5O/c1-14(12-10(4-5-17-14)15-7-16-12)8-2-3-9-11(6-8)19-13(20)18-9/h2-3,6-7,17H,4-5H2,1H3,(H,15,16)(H2,18,19,20). The van der Waals surface area contributed by atoms with Crippen molar-refractivity contribution >= 4 is 11.0 Å². The molecule has 20 heavy (non-hydrogen) atoms. The molecule has 1 aliphatic rings. The molecule has 6 nitrogen and oxygen atoms in total. The van der Waals surface area contributed by atoms with Gasteiger partial charge in [-0.2, -0.15) is 0 Å². The molecule has 0 saturated carbocycles. The van der Waals surface area contributed by atoms with Crippen LogP contribution in [0.25, 0.3) is 11.0 Å².